The number of carbonyl (C=O) groups is 1. The van der Waals surface area contributed by atoms with E-state index >= 15 is 0 Å². The molecule has 0 fully saturated rings. The maximum absolute atomic E-state index is 13.3. The molecule has 3 aromatic rings. The zero-order valence-corrected chi connectivity index (χ0v) is 17.3. The minimum absolute atomic E-state index is 0.101. The Morgan fingerprint density at radius 2 is 1.72 bits per heavy atom. The second-order valence-corrected chi connectivity index (χ2v) is 7.34. The number of benzene rings is 2. The zero-order chi connectivity index (χ0) is 20.8. The van der Waals surface area contributed by atoms with Gasteiger partial charge in [-0.15, -0.1) is 0 Å². The van der Waals surface area contributed by atoms with Crippen molar-refractivity contribution in [3.8, 4) is 0 Å². The van der Waals surface area contributed by atoms with Crippen molar-refractivity contribution < 1.29 is 13.8 Å². The van der Waals surface area contributed by atoms with Gasteiger partial charge < -0.3 is 17.6 Å². The number of hydrogen-bond donors (Lipinski definition) is 0. The molecule has 0 radical (unpaired) electrons. The molecule has 2 aromatic carbocycles. The molecule has 0 aliphatic heterocycles. The standard InChI is InChI=1S/C24H23FN2OS/c1-3-18-6-10-20(11-7-18)23(28)22(27-14-4-5-17(2)16-27)24(29)26-15-19-8-12-21(25)13-9-19/h4-14,16,22H,3,15H2,1-2H3/t22-/m0/s1. The van der Waals surface area contributed by atoms with E-state index in [1.807, 2.05) is 60.3 Å². The van der Waals surface area contributed by atoms with Crippen LogP contribution in [0.15, 0.2) is 78.0 Å². The van der Waals surface area contributed by atoms with E-state index in [-0.39, 0.29) is 11.6 Å². The number of aryl methyl sites for hydroxylation is 2. The molecule has 1 aromatic heterocycles. The zero-order valence-electron chi connectivity index (χ0n) is 16.5. The third kappa shape index (κ3) is 5.33. The summed E-state index contributed by atoms with van der Waals surface area (Å²) in [5.41, 5.74) is 3.62. The fraction of sp³-hybridized carbons (Fsp3) is 0.208. The summed E-state index contributed by atoms with van der Waals surface area (Å²) in [5, 5.41) is 0.300. The van der Waals surface area contributed by atoms with Crippen molar-refractivity contribution in [2.45, 2.75) is 32.9 Å². The predicted molar refractivity (Wildman–Crippen MR) is 115 cm³/mol. The molecular weight excluding hydrogens is 383 g/mol. The summed E-state index contributed by atoms with van der Waals surface area (Å²) in [6.45, 7) is 4.34. The number of Topliss-reactive ketones (excluding diaryl/α,β-unsaturated/α-hetero) is 1. The van der Waals surface area contributed by atoms with Gasteiger partial charge in [0.05, 0.1) is 6.54 Å². The molecule has 148 valence electrons. The molecule has 0 aliphatic rings. The molecule has 0 spiro atoms. The van der Waals surface area contributed by atoms with Gasteiger partial charge in [0.1, 0.15) is 5.82 Å². The molecule has 0 saturated heterocycles. The molecule has 0 amide bonds. The molecule has 1 heterocycles. The first-order valence-electron chi connectivity index (χ1n) is 9.54. The van der Waals surface area contributed by atoms with Crippen LogP contribution < -0.4 is 4.57 Å². The van der Waals surface area contributed by atoms with Crippen LogP contribution in [0.4, 0.5) is 4.39 Å². The molecule has 29 heavy (non-hydrogen) atoms. The van der Waals surface area contributed by atoms with Crippen LogP contribution >= 0.6 is 0 Å². The third-order valence-corrected chi connectivity index (χ3v) is 5.08. The molecule has 0 unspecified atom stereocenters. The van der Waals surface area contributed by atoms with Crippen molar-refractivity contribution in [2.75, 3.05) is 0 Å². The topological polar surface area (TPSA) is 33.3 Å². The van der Waals surface area contributed by atoms with Crippen LogP contribution in [0, 0.1) is 12.7 Å². The smallest absolute Gasteiger partial charge is 0.237 e. The molecule has 0 aliphatic carbocycles. The Morgan fingerprint density at radius 3 is 2.34 bits per heavy atom. The van der Waals surface area contributed by atoms with Crippen molar-refractivity contribution in [3.05, 3.63) is 101 Å². The van der Waals surface area contributed by atoms with Gasteiger partial charge >= 0.3 is 0 Å². The third-order valence-electron chi connectivity index (χ3n) is 4.73. The Hall–Kier alpha value is -2.92. The SMILES string of the molecule is CCc1ccc(C(=O)[C@@H](C([S-])=NCc2ccc(F)cc2)[n+]2cccc(C)c2)cc1. The summed E-state index contributed by atoms with van der Waals surface area (Å²) in [5.74, 6) is -0.397. The largest absolute Gasteiger partial charge is 0.758 e. The van der Waals surface area contributed by atoms with Crippen molar-refractivity contribution in [1.29, 1.82) is 0 Å². The maximum Gasteiger partial charge on any atom is 0.237 e. The number of aliphatic imine (C=N–C) groups is 1. The van der Waals surface area contributed by atoms with E-state index in [1.54, 1.807) is 12.1 Å². The highest BCUT2D eigenvalue weighted by Gasteiger charge is 2.28. The average molecular weight is 407 g/mol. The fourth-order valence-electron chi connectivity index (χ4n) is 3.06. The lowest BCUT2D eigenvalue weighted by atomic mass is 10.0. The number of hydrogen-bond acceptors (Lipinski definition) is 3. The number of pyridine rings is 1. The summed E-state index contributed by atoms with van der Waals surface area (Å²) in [6.07, 6.45) is 4.63. The monoisotopic (exact) mass is 406 g/mol. The minimum atomic E-state index is -0.710. The highest BCUT2D eigenvalue weighted by atomic mass is 32.1. The molecule has 3 nitrogen and oxygen atoms in total. The maximum atomic E-state index is 13.3. The Labute approximate surface area is 176 Å². The van der Waals surface area contributed by atoms with E-state index in [0.29, 0.717) is 17.2 Å². The molecule has 0 N–H and O–H groups in total. The molecule has 0 saturated carbocycles. The van der Waals surface area contributed by atoms with Crippen molar-refractivity contribution in [2.24, 2.45) is 4.99 Å². The quantitative estimate of drug-likeness (QED) is 0.190. The van der Waals surface area contributed by atoms with Gasteiger partial charge in [0.2, 0.25) is 11.8 Å². The molecular formula is C24H23FN2OS. The Kier molecular flexibility index (Phi) is 6.83. The Morgan fingerprint density at radius 1 is 1.07 bits per heavy atom. The molecule has 1 atom stereocenters. The van der Waals surface area contributed by atoms with E-state index < -0.39 is 6.04 Å². The van der Waals surface area contributed by atoms with E-state index in [9.17, 15) is 9.18 Å². The lowest BCUT2D eigenvalue weighted by molar-refractivity contribution is -0.692. The van der Waals surface area contributed by atoms with Gasteiger partial charge in [0.15, 0.2) is 12.4 Å². The predicted octanol–water partition coefficient (Wildman–Crippen LogP) is 4.55. The summed E-state index contributed by atoms with van der Waals surface area (Å²) in [4.78, 5) is 17.8. The first-order valence-corrected chi connectivity index (χ1v) is 9.95. The van der Waals surface area contributed by atoms with Crippen molar-refractivity contribution in [3.63, 3.8) is 0 Å². The molecule has 5 heteroatoms. The van der Waals surface area contributed by atoms with Crippen LogP contribution in [0.5, 0.6) is 0 Å². The van der Waals surface area contributed by atoms with E-state index in [2.05, 4.69) is 11.9 Å². The first-order chi connectivity index (χ1) is 14.0. The lowest BCUT2D eigenvalue weighted by Gasteiger charge is -2.19. The Bertz CT molecular complexity index is 1010. The lowest BCUT2D eigenvalue weighted by Crippen LogP contribution is -2.47. The van der Waals surface area contributed by atoms with Gasteiger partial charge in [-0.1, -0.05) is 43.3 Å². The van der Waals surface area contributed by atoms with Crippen molar-refractivity contribution in [1.82, 2.24) is 0 Å². The van der Waals surface area contributed by atoms with Crippen LogP contribution in [0.3, 0.4) is 0 Å². The van der Waals surface area contributed by atoms with E-state index in [0.717, 1.165) is 17.5 Å². The Balaban J connectivity index is 1.94. The van der Waals surface area contributed by atoms with Gasteiger partial charge in [-0.05, 0) is 47.7 Å². The number of rotatable bonds is 7. The van der Waals surface area contributed by atoms with Gasteiger partial charge in [-0.3, -0.25) is 4.79 Å². The van der Waals surface area contributed by atoms with Crippen LogP contribution in [0.1, 0.15) is 40.0 Å². The van der Waals surface area contributed by atoms with Gasteiger partial charge in [0, 0.05) is 17.2 Å². The number of aromatic nitrogens is 1. The van der Waals surface area contributed by atoms with Crippen LogP contribution in [-0.4, -0.2) is 10.8 Å². The van der Waals surface area contributed by atoms with Crippen LogP contribution in [-0.2, 0) is 25.6 Å². The number of carbonyl (C=O) groups excluding carboxylic acids is 1. The fourth-order valence-corrected chi connectivity index (χ4v) is 3.35. The number of nitrogens with zero attached hydrogens (tertiary/aromatic N) is 2. The van der Waals surface area contributed by atoms with E-state index in [1.165, 1.54) is 17.7 Å². The van der Waals surface area contributed by atoms with E-state index in [4.69, 9.17) is 12.6 Å². The second-order valence-electron chi connectivity index (χ2n) is 6.93. The highest BCUT2D eigenvalue weighted by molar-refractivity contribution is 7.77. The number of halogens is 1. The second kappa shape index (κ2) is 9.52. The van der Waals surface area contributed by atoms with Crippen molar-refractivity contribution >= 4 is 23.5 Å². The summed E-state index contributed by atoms with van der Waals surface area (Å²) in [6, 6.07) is 16.9. The van der Waals surface area contributed by atoms with Crippen LogP contribution in [0.2, 0.25) is 0 Å². The number of ketones is 1. The summed E-state index contributed by atoms with van der Waals surface area (Å²) in [7, 11) is 0. The normalized spacial score (nSPS) is 12.6. The van der Waals surface area contributed by atoms with Gasteiger partial charge in [-0.25, -0.2) is 4.39 Å². The minimum Gasteiger partial charge on any atom is -0.758 e. The first kappa shape index (κ1) is 20.8. The van der Waals surface area contributed by atoms with Gasteiger partial charge in [-0.2, -0.15) is 4.57 Å². The molecule has 3 rings (SSSR count). The molecule has 0 bridgehead atoms. The summed E-state index contributed by atoms with van der Waals surface area (Å²) < 4.78 is 14.9. The summed E-state index contributed by atoms with van der Waals surface area (Å²) >= 11 is 5.57. The van der Waals surface area contributed by atoms with Gasteiger partial charge in [0.25, 0.3) is 0 Å². The highest BCUT2D eigenvalue weighted by Crippen LogP contribution is 2.15. The van der Waals surface area contributed by atoms with Crippen LogP contribution in [0.25, 0.3) is 0 Å². The average Bonchev–Trinajstić information content (AvgIpc) is 2.73.